The number of thioether (sulfide) groups is 1. The summed E-state index contributed by atoms with van der Waals surface area (Å²) in [5, 5.41) is 0.586. The Morgan fingerprint density at radius 1 is 1.17 bits per heavy atom. The van der Waals surface area contributed by atoms with Crippen molar-refractivity contribution in [3.8, 4) is 0 Å². The quantitative estimate of drug-likeness (QED) is 0.347. The van der Waals surface area contributed by atoms with Crippen LogP contribution >= 0.6 is 11.8 Å². The van der Waals surface area contributed by atoms with E-state index in [4.69, 9.17) is 9.47 Å². The SMILES string of the molecule is COC(=O)c1c(C)[nH]c(C(=O)C(C)OC(=O)CSc2cnc3ccccc3n2)c1C. The van der Waals surface area contributed by atoms with E-state index in [0.717, 1.165) is 11.0 Å². The minimum Gasteiger partial charge on any atom is -0.465 e. The summed E-state index contributed by atoms with van der Waals surface area (Å²) >= 11 is 1.18. The van der Waals surface area contributed by atoms with Crippen LogP contribution in [0.3, 0.4) is 0 Å². The van der Waals surface area contributed by atoms with Gasteiger partial charge in [0, 0.05) is 5.69 Å². The number of ether oxygens (including phenoxy) is 2. The molecule has 0 aliphatic heterocycles. The van der Waals surface area contributed by atoms with Crippen LogP contribution in [0.1, 0.15) is 39.0 Å². The standard InChI is InChI=1S/C21H21N3O5S/c1-11-18(21(27)28-4)12(2)23-19(11)20(26)13(3)29-17(25)10-30-16-9-22-14-7-5-6-8-15(14)24-16/h5-9,13,23H,10H2,1-4H3. The summed E-state index contributed by atoms with van der Waals surface area (Å²) in [5.41, 5.74) is 3.02. The van der Waals surface area contributed by atoms with E-state index in [1.807, 2.05) is 24.3 Å². The van der Waals surface area contributed by atoms with Crippen molar-refractivity contribution in [1.82, 2.24) is 15.0 Å². The van der Waals surface area contributed by atoms with Crippen LogP contribution in [0.25, 0.3) is 11.0 Å². The van der Waals surface area contributed by atoms with Crippen molar-refractivity contribution in [1.29, 1.82) is 0 Å². The molecule has 0 fully saturated rings. The smallest absolute Gasteiger partial charge is 0.339 e. The average molecular weight is 427 g/mol. The second kappa shape index (κ2) is 9.08. The number of Topliss-reactive ketones (excluding diaryl/α,β-unsaturated/α-hetero) is 1. The predicted molar refractivity (Wildman–Crippen MR) is 112 cm³/mol. The van der Waals surface area contributed by atoms with Crippen LogP contribution in [0.5, 0.6) is 0 Å². The zero-order valence-corrected chi connectivity index (χ0v) is 17.8. The number of carbonyl (C=O) groups excluding carboxylic acids is 3. The van der Waals surface area contributed by atoms with Crippen molar-refractivity contribution in [3.05, 3.63) is 53.0 Å². The van der Waals surface area contributed by atoms with E-state index in [-0.39, 0.29) is 11.4 Å². The van der Waals surface area contributed by atoms with E-state index in [0.29, 0.717) is 21.8 Å². The Morgan fingerprint density at radius 3 is 2.57 bits per heavy atom. The first-order valence-electron chi connectivity index (χ1n) is 9.17. The Labute approximate surface area is 177 Å². The van der Waals surface area contributed by atoms with Crippen LogP contribution in [0.2, 0.25) is 0 Å². The number of benzene rings is 1. The molecule has 2 heterocycles. The van der Waals surface area contributed by atoms with Crippen molar-refractivity contribution in [3.63, 3.8) is 0 Å². The molecule has 0 bridgehead atoms. The number of hydrogen-bond acceptors (Lipinski definition) is 8. The highest BCUT2D eigenvalue weighted by Crippen LogP contribution is 2.22. The summed E-state index contributed by atoms with van der Waals surface area (Å²) in [4.78, 5) is 48.4. The fourth-order valence-corrected chi connectivity index (χ4v) is 3.66. The summed E-state index contributed by atoms with van der Waals surface area (Å²) in [6, 6.07) is 7.44. The number of para-hydroxylation sites is 2. The fourth-order valence-electron chi connectivity index (χ4n) is 3.04. The number of fused-ring (bicyclic) bond motifs is 1. The molecule has 3 rings (SSSR count). The minimum atomic E-state index is -1.01. The molecular weight excluding hydrogens is 406 g/mol. The lowest BCUT2D eigenvalue weighted by Crippen LogP contribution is -2.26. The maximum absolute atomic E-state index is 12.7. The number of aromatic nitrogens is 3. The molecule has 30 heavy (non-hydrogen) atoms. The number of nitrogens with one attached hydrogen (secondary N) is 1. The van der Waals surface area contributed by atoms with Crippen LogP contribution in [-0.4, -0.2) is 51.6 Å². The third kappa shape index (κ3) is 4.51. The van der Waals surface area contributed by atoms with Gasteiger partial charge in [0.05, 0.1) is 41.4 Å². The molecule has 0 aliphatic carbocycles. The molecule has 0 amide bonds. The summed E-state index contributed by atoms with van der Waals surface area (Å²) < 4.78 is 10.0. The van der Waals surface area contributed by atoms with Gasteiger partial charge in [0.1, 0.15) is 5.03 Å². The number of rotatable bonds is 7. The Morgan fingerprint density at radius 2 is 1.87 bits per heavy atom. The Hall–Kier alpha value is -3.20. The van der Waals surface area contributed by atoms with Gasteiger partial charge in [0.15, 0.2) is 6.10 Å². The first-order valence-corrected chi connectivity index (χ1v) is 10.2. The summed E-state index contributed by atoms with van der Waals surface area (Å²) in [5.74, 6) is -1.52. The van der Waals surface area contributed by atoms with Gasteiger partial charge in [0.25, 0.3) is 0 Å². The predicted octanol–water partition coefficient (Wildman–Crippen LogP) is 3.27. The lowest BCUT2D eigenvalue weighted by molar-refractivity contribution is -0.143. The molecule has 8 nitrogen and oxygen atoms in total. The van der Waals surface area contributed by atoms with Crippen molar-refractivity contribution in [2.24, 2.45) is 0 Å². The van der Waals surface area contributed by atoms with Gasteiger partial charge in [-0.2, -0.15) is 0 Å². The molecule has 0 saturated heterocycles. The van der Waals surface area contributed by atoms with Crippen LogP contribution in [0, 0.1) is 13.8 Å². The largest absolute Gasteiger partial charge is 0.465 e. The van der Waals surface area contributed by atoms with Crippen molar-refractivity contribution in [2.75, 3.05) is 12.9 Å². The molecule has 9 heteroatoms. The van der Waals surface area contributed by atoms with E-state index in [9.17, 15) is 14.4 Å². The molecular formula is C21H21N3O5S. The monoisotopic (exact) mass is 427 g/mol. The molecule has 1 N–H and O–H groups in total. The van der Waals surface area contributed by atoms with Crippen LogP contribution < -0.4 is 0 Å². The van der Waals surface area contributed by atoms with Crippen LogP contribution in [0.15, 0.2) is 35.5 Å². The summed E-state index contributed by atoms with van der Waals surface area (Å²) in [6.45, 7) is 4.81. The Kier molecular flexibility index (Phi) is 6.51. The molecule has 0 saturated carbocycles. The number of methoxy groups -OCH3 is 1. The number of nitrogens with zero attached hydrogens (tertiary/aromatic N) is 2. The zero-order valence-electron chi connectivity index (χ0n) is 17.0. The molecule has 0 spiro atoms. The molecule has 1 unspecified atom stereocenters. The first kappa shape index (κ1) is 21.5. The van der Waals surface area contributed by atoms with E-state index in [1.165, 1.54) is 25.8 Å². The highest BCUT2D eigenvalue weighted by molar-refractivity contribution is 7.99. The summed E-state index contributed by atoms with van der Waals surface area (Å²) in [7, 11) is 1.28. The number of H-pyrrole nitrogens is 1. The highest BCUT2D eigenvalue weighted by Gasteiger charge is 2.27. The van der Waals surface area contributed by atoms with Gasteiger partial charge in [-0.1, -0.05) is 23.9 Å². The van der Waals surface area contributed by atoms with Gasteiger partial charge in [-0.3, -0.25) is 14.6 Å². The molecule has 156 valence electrons. The Balaban J connectivity index is 1.62. The number of aromatic amines is 1. The van der Waals surface area contributed by atoms with E-state index in [1.54, 1.807) is 20.0 Å². The number of ketones is 1. The number of aryl methyl sites for hydroxylation is 1. The van der Waals surface area contributed by atoms with Crippen LogP contribution in [-0.2, 0) is 14.3 Å². The normalized spacial score (nSPS) is 11.9. The highest BCUT2D eigenvalue weighted by atomic mass is 32.2. The van der Waals surface area contributed by atoms with E-state index >= 15 is 0 Å². The molecule has 1 aromatic carbocycles. The Bertz CT molecular complexity index is 1130. The molecule has 3 aromatic rings. The van der Waals surface area contributed by atoms with Gasteiger partial charge in [0.2, 0.25) is 5.78 Å². The third-order valence-corrected chi connectivity index (χ3v) is 5.39. The van der Waals surface area contributed by atoms with E-state index < -0.39 is 23.8 Å². The number of esters is 2. The van der Waals surface area contributed by atoms with Crippen LogP contribution in [0.4, 0.5) is 0 Å². The maximum atomic E-state index is 12.7. The number of carbonyl (C=O) groups is 3. The molecule has 1 atom stereocenters. The van der Waals surface area contributed by atoms with Crippen molar-refractivity contribution >= 4 is 40.5 Å². The number of hydrogen-bond donors (Lipinski definition) is 1. The second-order valence-electron chi connectivity index (χ2n) is 6.60. The van der Waals surface area contributed by atoms with Gasteiger partial charge in [-0.25, -0.2) is 9.78 Å². The minimum absolute atomic E-state index is 0.0131. The maximum Gasteiger partial charge on any atom is 0.339 e. The second-order valence-corrected chi connectivity index (χ2v) is 7.59. The van der Waals surface area contributed by atoms with Gasteiger partial charge in [-0.15, -0.1) is 0 Å². The van der Waals surface area contributed by atoms with E-state index in [2.05, 4.69) is 15.0 Å². The van der Waals surface area contributed by atoms with Gasteiger partial charge in [-0.05, 0) is 38.5 Å². The lowest BCUT2D eigenvalue weighted by Gasteiger charge is -2.12. The topological polar surface area (TPSA) is 111 Å². The molecule has 2 aromatic heterocycles. The zero-order chi connectivity index (χ0) is 21.8. The van der Waals surface area contributed by atoms with Crippen molar-refractivity contribution in [2.45, 2.75) is 31.9 Å². The average Bonchev–Trinajstić information content (AvgIpc) is 3.04. The molecule has 0 aliphatic rings. The van der Waals surface area contributed by atoms with Gasteiger partial charge >= 0.3 is 11.9 Å². The lowest BCUT2D eigenvalue weighted by atomic mass is 10.1. The molecule has 0 radical (unpaired) electrons. The third-order valence-electron chi connectivity index (χ3n) is 4.52. The fraction of sp³-hybridized carbons (Fsp3) is 0.286. The summed E-state index contributed by atoms with van der Waals surface area (Å²) in [6.07, 6.45) is 0.580. The van der Waals surface area contributed by atoms with Gasteiger partial charge < -0.3 is 14.5 Å². The first-order chi connectivity index (χ1) is 14.3. The van der Waals surface area contributed by atoms with Crippen molar-refractivity contribution < 1.29 is 23.9 Å².